The smallest absolute Gasteiger partial charge is 0.217 e. The first-order chi connectivity index (χ1) is 16.1. The minimum absolute atomic E-state index is 0.0222. The molecule has 0 amide bonds. The van der Waals surface area contributed by atoms with Crippen molar-refractivity contribution in [3.8, 4) is 5.75 Å². The molecule has 0 aromatic heterocycles. The van der Waals surface area contributed by atoms with Crippen molar-refractivity contribution in [3.63, 3.8) is 0 Å². The third-order valence-electron chi connectivity index (χ3n) is 7.08. The van der Waals surface area contributed by atoms with Gasteiger partial charge in [0.2, 0.25) is 10.0 Å². The lowest BCUT2D eigenvalue weighted by Gasteiger charge is -2.35. The van der Waals surface area contributed by atoms with Gasteiger partial charge in [-0.3, -0.25) is 4.79 Å². The highest BCUT2D eigenvalue weighted by Gasteiger charge is 2.35. The fourth-order valence-corrected chi connectivity index (χ4v) is 6.77. The van der Waals surface area contributed by atoms with Crippen molar-refractivity contribution in [2.45, 2.75) is 74.3 Å². The molecule has 1 aliphatic carbocycles. The monoisotopic (exact) mass is 480 g/mol. The Morgan fingerprint density at radius 1 is 1.12 bits per heavy atom. The molecule has 3 aliphatic rings. The summed E-state index contributed by atoms with van der Waals surface area (Å²) in [5.41, 5.74) is 1.16. The molecule has 3 atom stereocenters. The second kappa shape index (κ2) is 11.8. The van der Waals surface area contributed by atoms with Crippen molar-refractivity contribution < 1.29 is 27.4 Å². The number of hydrogen-bond acceptors (Lipinski definition) is 7. The highest BCUT2D eigenvalue weighted by molar-refractivity contribution is 7.90. The lowest BCUT2D eigenvalue weighted by molar-refractivity contribution is -0.109. The van der Waals surface area contributed by atoms with Crippen LogP contribution >= 0.6 is 0 Å². The van der Waals surface area contributed by atoms with Gasteiger partial charge in [0.1, 0.15) is 17.6 Å². The number of hydrogen-bond donors (Lipinski definition) is 2. The van der Waals surface area contributed by atoms with Crippen LogP contribution in [0.3, 0.4) is 0 Å². The van der Waals surface area contributed by atoms with Gasteiger partial charge < -0.3 is 19.5 Å². The largest absolute Gasteiger partial charge is 0.486 e. The summed E-state index contributed by atoms with van der Waals surface area (Å²) in [6.45, 7) is 2.25. The molecule has 2 saturated heterocycles. The predicted molar refractivity (Wildman–Crippen MR) is 125 cm³/mol. The van der Waals surface area contributed by atoms with Crippen LogP contribution in [-0.2, 0) is 24.3 Å². The summed E-state index contributed by atoms with van der Waals surface area (Å²) in [4.78, 5) is 10.7. The maximum atomic E-state index is 12.7. The van der Waals surface area contributed by atoms with E-state index >= 15 is 0 Å². The average Bonchev–Trinajstić information content (AvgIpc) is 3.39. The minimum Gasteiger partial charge on any atom is -0.486 e. The molecular weight excluding hydrogens is 444 g/mol. The Bertz CT molecular complexity index is 865. The molecule has 1 aromatic rings. The number of piperidine rings is 1. The summed E-state index contributed by atoms with van der Waals surface area (Å²) >= 11 is 0. The zero-order valence-electron chi connectivity index (χ0n) is 19.1. The molecule has 33 heavy (non-hydrogen) atoms. The average molecular weight is 481 g/mol. The predicted octanol–water partition coefficient (Wildman–Crippen LogP) is 2.14. The summed E-state index contributed by atoms with van der Waals surface area (Å²) in [6.07, 6.45) is 7.18. The Morgan fingerprint density at radius 2 is 1.94 bits per heavy atom. The number of ether oxygens (including phenoxy) is 3. The first-order valence-corrected chi connectivity index (χ1v) is 13.7. The number of aldehydes is 1. The van der Waals surface area contributed by atoms with E-state index < -0.39 is 15.3 Å². The molecule has 8 nitrogen and oxygen atoms in total. The van der Waals surface area contributed by atoms with Crippen LogP contribution in [0.25, 0.3) is 0 Å². The van der Waals surface area contributed by atoms with Crippen molar-refractivity contribution in [2.75, 3.05) is 33.0 Å². The van der Waals surface area contributed by atoms with Gasteiger partial charge in [0.25, 0.3) is 0 Å². The molecule has 0 unspecified atom stereocenters. The molecule has 0 spiro atoms. The van der Waals surface area contributed by atoms with Crippen molar-refractivity contribution in [1.29, 1.82) is 0 Å². The number of carbonyl (C=O) groups excluding carboxylic acids is 1. The van der Waals surface area contributed by atoms with E-state index in [-0.39, 0.29) is 31.4 Å². The number of rotatable bonds is 10. The normalized spacial score (nSPS) is 30.7. The van der Waals surface area contributed by atoms with Gasteiger partial charge in [0.05, 0.1) is 19.3 Å². The Balaban J connectivity index is 1.27. The maximum absolute atomic E-state index is 12.7. The molecule has 3 fully saturated rings. The van der Waals surface area contributed by atoms with Crippen LogP contribution in [0, 0.1) is 0 Å². The number of benzene rings is 1. The van der Waals surface area contributed by atoms with Crippen LogP contribution in [0.1, 0.15) is 56.4 Å². The van der Waals surface area contributed by atoms with E-state index in [2.05, 4.69) is 16.1 Å². The topological polar surface area (TPSA) is 103 Å². The van der Waals surface area contributed by atoms with E-state index in [0.717, 1.165) is 62.7 Å². The summed E-state index contributed by atoms with van der Waals surface area (Å²) in [5.74, 6) is 1.19. The van der Waals surface area contributed by atoms with E-state index in [1.54, 1.807) is 0 Å². The van der Waals surface area contributed by atoms with Gasteiger partial charge in [-0.15, -0.1) is 0 Å². The molecule has 4 rings (SSSR count). The Hall–Kier alpha value is -1.52. The van der Waals surface area contributed by atoms with Crippen molar-refractivity contribution >= 4 is 16.3 Å². The van der Waals surface area contributed by atoms with Gasteiger partial charge in [0.15, 0.2) is 6.29 Å². The van der Waals surface area contributed by atoms with Gasteiger partial charge in [-0.05, 0) is 69.0 Å². The van der Waals surface area contributed by atoms with Gasteiger partial charge >= 0.3 is 0 Å². The lowest BCUT2D eigenvalue weighted by Crippen LogP contribution is -2.57. The minimum atomic E-state index is -3.39. The zero-order chi connectivity index (χ0) is 23.1. The Kier molecular flexibility index (Phi) is 8.76. The molecule has 9 heteroatoms. The molecule has 2 aliphatic heterocycles. The summed E-state index contributed by atoms with van der Waals surface area (Å²) in [5, 5.41) is 3.01. The van der Waals surface area contributed by atoms with Gasteiger partial charge in [0, 0.05) is 18.7 Å². The molecule has 2 N–H and O–H groups in total. The first kappa shape index (κ1) is 24.6. The zero-order valence-corrected chi connectivity index (χ0v) is 19.9. The molecule has 0 radical (unpaired) electrons. The SMILES string of the molecule is O=CCOc1ccccc1C1CCC(OC[C@@H]2NCCC[C@@H]2NS(=O)(=O)[C@@H]2CCOC2)CC1. The van der Waals surface area contributed by atoms with E-state index in [9.17, 15) is 13.2 Å². The van der Waals surface area contributed by atoms with Crippen LogP contribution in [0.5, 0.6) is 5.75 Å². The van der Waals surface area contributed by atoms with Gasteiger partial charge in [-0.2, -0.15) is 0 Å². The number of nitrogens with one attached hydrogen (secondary N) is 2. The van der Waals surface area contributed by atoms with Crippen LogP contribution in [-0.4, -0.2) is 71.1 Å². The summed E-state index contributed by atoms with van der Waals surface area (Å²) < 4.78 is 45.5. The van der Waals surface area contributed by atoms with Crippen LogP contribution in [0.15, 0.2) is 24.3 Å². The third-order valence-corrected chi connectivity index (χ3v) is 8.96. The fraction of sp³-hybridized carbons (Fsp3) is 0.708. The molecule has 184 valence electrons. The number of carbonyl (C=O) groups is 1. The van der Waals surface area contributed by atoms with E-state index in [4.69, 9.17) is 14.2 Å². The van der Waals surface area contributed by atoms with Gasteiger partial charge in [-0.25, -0.2) is 13.1 Å². The lowest BCUT2D eigenvalue weighted by atomic mass is 9.82. The van der Waals surface area contributed by atoms with E-state index in [0.29, 0.717) is 25.6 Å². The molecule has 1 saturated carbocycles. The second-order valence-electron chi connectivity index (χ2n) is 9.28. The third kappa shape index (κ3) is 6.54. The van der Waals surface area contributed by atoms with E-state index in [1.807, 2.05) is 18.2 Å². The summed E-state index contributed by atoms with van der Waals surface area (Å²) in [7, 11) is -3.39. The molecular formula is C24H36N2O6S. The van der Waals surface area contributed by atoms with E-state index in [1.165, 1.54) is 0 Å². The molecule has 2 heterocycles. The fourth-order valence-electron chi connectivity index (χ4n) is 5.19. The van der Waals surface area contributed by atoms with Crippen molar-refractivity contribution in [1.82, 2.24) is 10.0 Å². The van der Waals surface area contributed by atoms with Crippen molar-refractivity contribution in [3.05, 3.63) is 29.8 Å². The van der Waals surface area contributed by atoms with Crippen LogP contribution < -0.4 is 14.8 Å². The standard InChI is InChI=1S/C24H36N2O6S/c27-13-15-31-24-6-2-1-4-21(24)18-7-9-19(10-8-18)32-17-23-22(5-3-12-25-23)26-33(28,29)20-11-14-30-16-20/h1-2,4,6,13,18-20,22-23,25-26H,3,5,7-12,14-17H2/t18?,19?,20-,22+,23+/m1/s1. The highest BCUT2D eigenvalue weighted by Crippen LogP contribution is 2.38. The first-order valence-electron chi connectivity index (χ1n) is 12.2. The van der Waals surface area contributed by atoms with Crippen LogP contribution in [0.4, 0.5) is 0 Å². The summed E-state index contributed by atoms with van der Waals surface area (Å²) in [6, 6.07) is 7.78. The van der Waals surface area contributed by atoms with Crippen LogP contribution in [0.2, 0.25) is 0 Å². The quantitative estimate of drug-likeness (QED) is 0.495. The number of sulfonamides is 1. The Morgan fingerprint density at radius 3 is 2.70 bits per heavy atom. The van der Waals surface area contributed by atoms with Gasteiger partial charge in [-0.1, -0.05) is 18.2 Å². The maximum Gasteiger partial charge on any atom is 0.217 e. The molecule has 0 bridgehead atoms. The van der Waals surface area contributed by atoms with Crippen molar-refractivity contribution in [2.24, 2.45) is 0 Å². The highest BCUT2D eigenvalue weighted by atomic mass is 32.2. The number of para-hydroxylation sites is 1. The molecule has 1 aromatic carbocycles. The Labute approximate surface area is 196 Å². The second-order valence-corrected chi connectivity index (χ2v) is 11.3.